The molecule has 1 saturated carbocycles. The number of imidazole rings is 1. The van der Waals surface area contributed by atoms with E-state index in [2.05, 4.69) is 27.2 Å². The average molecular weight is 331 g/mol. The minimum atomic E-state index is -0.183. The third kappa shape index (κ3) is 1.65. The Morgan fingerprint density at radius 2 is 2.19 bits per heavy atom. The summed E-state index contributed by atoms with van der Waals surface area (Å²) in [5.41, 5.74) is 6.61. The fourth-order valence-corrected chi connectivity index (χ4v) is 3.43. The first-order valence-electron chi connectivity index (χ1n) is 5.71. The first kappa shape index (κ1) is 10.6. The van der Waals surface area contributed by atoms with Crippen LogP contribution in [0.1, 0.15) is 36.7 Å². The molecule has 0 radical (unpaired) electrons. The number of rotatable bonds is 2. The molecule has 2 heterocycles. The Kier molecular flexibility index (Phi) is 2.45. The first-order chi connectivity index (χ1) is 7.66. The molecular formula is C11H14IN3O. The van der Waals surface area contributed by atoms with Gasteiger partial charge >= 0.3 is 0 Å². The zero-order valence-corrected chi connectivity index (χ0v) is 11.1. The minimum Gasteiger partial charge on any atom is -0.369 e. The molecule has 4 nitrogen and oxygen atoms in total. The molecule has 1 amide bonds. The summed E-state index contributed by atoms with van der Waals surface area (Å²) in [4.78, 5) is 15.9. The number of fused-ring (bicyclic) bond motifs is 1. The quantitative estimate of drug-likeness (QED) is 0.833. The lowest BCUT2D eigenvalue weighted by Gasteiger charge is -2.21. The van der Waals surface area contributed by atoms with Gasteiger partial charge in [-0.25, -0.2) is 4.98 Å². The van der Waals surface area contributed by atoms with Gasteiger partial charge in [-0.2, -0.15) is 0 Å². The average Bonchev–Trinajstić information content (AvgIpc) is 3.04. The predicted molar refractivity (Wildman–Crippen MR) is 67.9 cm³/mol. The van der Waals surface area contributed by atoms with Crippen LogP contribution in [0.2, 0.25) is 0 Å². The third-order valence-corrected chi connectivity index (χ3v) is 4.64. The van der Waals surface area contributed by atoms with E-state index in [1.54, 1.807) is 0 Å². The van der Waals surface area contributed by atoms with Crippen molar-refractivity contribution in [1.82, 2.24) is 9.55 Å². The fraction of sp³-hybridized carbons (Fsp3) is 0.636. The molecule has 1 aromatic heterocycles. The van der Waals surface area contributed by atoms with Gasteiger partial charge in [0.25, 0.3) is 0 Å². The zero-order chi connectivity index (χ0) is 11.3. The van der Waals surface area contributed by atoms with Crippen LogP contribution in [-0.4, -0.2) is 15.5 Å². The van der Waals surface area contributed by atoms with Crippen LogP contribution in [0.3, 0.4) is 0 Å². The molecule has 2 N–H and O–H groups in total. The Balaban J connectivity index is 1.93. The highest BCUT2D eigenvalue weighted by Gasteiger charge is 2.33. The first-order valence-corrected chi connectivity index (χ1v) is 6.79. The molecule has 0 bridgehead atoms. The van der Waals surface area contributed by atoms with E-state index in [-0.39, 0.29) is 11.8 Å². The van der Waals surface area contributed by atoms with E-state index in [4.69, 9.17) is 10.7 Å². The van der Waals surface area contributed by atoms with Gasteiger partial charge in [0.15, 0.2) is 0 Å². The monoisotopic (exact) mass is 331 g/mol. The summed E-state index contributed by atoms with van der Waals surface area (Å²) >= 11 is 2.38. The van der Waals surface area contributed by atoms with Gasteiger partial charge in [0.05, 0.1) is 5.69 Å². The number of primary amides is 1. The van der Waals surface area contributed by atoms with Crippen molar-refractivity contribution < 1.29 is 4.79 Å². The molecule has 1 atom stereocenters. The highest BCUT2D eigenvalue weighted by molar-refractivity contribution is 14.1. The molecule has 2 aliphatic rings. The van der Waals surface area contributed by atoms with Gasteiger partial charge in [0, 0.05) is 24.8 Å². The van der Waals surface area contributed by atoms with Gasteiger partial charge in [0.2, 0.25) is 5.91 Å². The molecular weight excluding hydrogens is 317 g/mol. The van der Waals surface area contributed by atoms with E-state index in [1.807, 2.05) is 0 Å². The van der Waals surface area contributed by atoms with Crippen LogP contribution in [-0.2, 0) is 17.8 Å². The van der Waals surface area contributed by atoms with E-state index >= 15 is 0 Å². The summed E-state index contributed by atoms with van der Waals surface area (Å²) in [6.45, 7) is 0.890. The lowest BCUT2D eigenvalue weighted by molar-refractivity contribution is -0.122. The maximum atomic E-state index is 11.2. The Bertz CT molecular complexity index is 450. The van der Waals surface area contributed by atoms with Crippen LogP contribution in [0.15, 0.2) is 0 Å². The molecule has 16 heavy (non-hydrogen) atoms. The Labute approximate surface area is 108 Å². The predicted octanol–water partition coefficient (Wildman–Crippen LogP) is 1.41. The molecule has 1 aliphatic carbocycles. The van der Waals surface area contributed by atoms with Crippen molar-refractivity contribution in [1.29, 1.82) is 0 Å². The van der Waals surface area contributed by atoms with Gasteiger partial charge in [0.1, 0.15) is 9.53 Å². The highest BCUT2D eigenvalue weighted by atomic mass is 127. The number of hydrogen-bond acceptors (Lipinski definition) is 2. The van der Waals surface area contributed by atoms with Crippen LogP contribution in [0.25, 0.3) is 0 Å². The summed E-state index contributed by atoms with van der Waals surface area (Å²) in [5, 5.41) is 0. The number of amides is 1. The van der Waals surface area contributed by atoms with Crippen molar-refractivity contribution in [3.63, 3.8) is 0 Å². The smallest absolute Gasteiger partial charge is 0.221 e. The van der Waals surface area contributed by atoms with Crippen LogP contribution in [0.4, 0.5) is 0 Å². The Morgan fingerprint density at radius 3 is 2.81 bits per heavy atom. The molecule has 86 valence electrons. The summed E-state index contributed by atoms with van der Waals surface area (Å²) in [5.74, 6) is 1.54. The van der Waals surface area contributed by atoms with Gasteiger partial charge in [-0.1, -0.05) is 0 Å². The number of nitrogens with two attached hydrogens (primary N) is 1. The van der Waals surface area contributed by atoms with E-state index in [0.717, 1.165) is 25.2 Å². The van der Waals surface area contributed by atoms with Crippen LogP contribution in [0.5, 0.6) is 0 Å². The highest BCUT2D eigenvalue weighted by Crippen LogP contribution is 2.42. The van der Waals surface area contributed by atoms with Crippen LogP contribution >= 0.6 is 22.6 Å². The normalized spacial score (nSPS) is 24.2. The molecule has 1 unspecified atom stereocenters. The van der Waals surface area contributed by atoms with Crippen molar-refractivity contribution in [2.45, 2.75) is 38.1 Å². The maximum absolute atomic E-state index is 11.2. The molecule has 0 saturated heterocycles. The standard InChI is InChI=1S/C11H14IN3O/c12-10-9(6-1-2-6)14-8-5-7(11(13)16)3-4-15(8)10/h6-7H,1-5H2,(H2,13,16). The molecule has 1 fully saturated rings. The number of hydrogen-bond donors (Lipinski definition) is 1. The van der Waals surface area contributed by atoms with Gasteiger partial charge in [-0.05, 0) is 41.9 Å². The van der Waals surface area contributed by atoms with Crippen LogP contribution in [0, 0.1) is 9.62 Å². The molecule has 5 heteroatoms. The number of nitrogens with zero attached hydrogens (tertiary/aromatic N) is 2. The molecule has 1 aliphatic heterocycles. The third-order valence-electron chi connectivity index (χ3n) is 3.51. The second kappa shape index (κ2) is 3.72. The zero-order valence-electron chi connectivity index (χ0n) is 8.95. The van der Waals surface area contributed by atoms with E-state index in [0.29, 0.717) is 5.92 Å². The molecule has 0 spiro atoms. The Hall–Kier alpha value is -0.590. The summed E-state index contributed by atoms with van der Waals surface area (Å²) in [7, 11) is 0. The van der Waals surface area contributed by atoms with E-state index in [1.165, 1.54) is 22.2 Å². The number of halogens is 1. The van der Waals surface area contributed by atoms with Gasteiger partial charge in [-0.3, -0.25) is 4.79 Å². The fourth-order valence-electron chi connectivity index (χ4n) is 2.35. The molecule has 3 rings (SSSR count). The second-order valence-corrected chi connectivity index (χ2v) is 5.74. The molecule has 0 aromatic carbocycles. The van der Waals surface area contributed by atoms with E-state index in [9.17, 15) is 4.79 Å². The second-order valence-electron chi connectivity index (χ2n) is 4.72. The lowest BCUT2D eigenvalue weighted by atomic mass is 9.97. The minimum absolute atomic E-state index is 0.0160. The SMILES string of the molecule is NC(=O)C1CCn2c(nc(C3CC3)c2I)C1. The number of carbonyl (C=O) groups is 1. The van der Waals surface area contributed by atoms with Crippen LogP contribution < -0.4 is 5.73 Å². The summed E-state index contributed by atoms with van der Waals surface area (Å²) in [6, 6.07) is 0. The van der Waals surface area contributed by atoms with Crippen molar-refractivity contribution in [2.75, 3.05) is 0 Å². The lowest BCUT2D eigenvalue weighted by Crippen LogP contribution is -2.31. The summed E-state index contributed by atoms with van der Waals surface area (Å²) in [6.07, 6.45) is 4.12. The van der Waals surface area contributed by atoms with Crippen molar-refractivity contribution in [2.24, 2.45) is 11.7 Å². The molecule has 1 aromatic rings. The Morgan fingerprint density at radius 1 is 1.44 bits per heavy atom. The number of aromatic nitrogens is 2. The van der Waals surface area contributed by atoms with Gasteiger partial charge in [-0.15, -0.1) is 0 Å². The van der Waals surface area contributed by atoms with Crippen molar-refractivity contribution >= 4 is 28.5 Å². The largest absolute Gasteiger partial charge is 0.369 e. The number of carbonyl (C=O) groups excluding carboxylic acids is 1. The maximum Gasteiger partial charge on any atom is 0.221 e. The van der Waals surface area contributed by atoms with Gasteiger partial charge < -0.3 is 10.3 Å². The van der Waals surface area contributed by atoms with E-state index < -0.39 is 0 Å². The summed E-state index contributed by atoms with van der Waals surface area (Å²) < 4.78 is 3.53. The topological polar surface area (TPSA) is 60.9 Å². The van der Waals surface area contributed by atoms with Crippen molar-refractivity contribution in [3.8, 4) is 0 Å². The van der Waals surface area contributed by atoms with Crippen molar-refractivity contribution in [3.05, 3.63) is 15.2 Å².